The number of benzene rings is 3. The Labute approximate surface area is 184 Å². The fourth-order valence-electron chi connectivity index (χ4n) is 4.56. The van der Waals surface area contributed by atoms with Gasteiger partial charge in [0.2, 0.25) is 11.3 Å². The molecule has 2 heterocycles. The molecular weight excluding hydrogens is 408 g/mol. The zero-order valence-corrected chi connectivity index (χ0v) is 18.0. The van der Waals surface area contributed by atoms with Crippen LogP contribution in [-0.2, 0) is 29.7 Å². The normalized spacial score (nSPS) is 19.9. The molecule has 0 saturated heterocycles. The summed E-state index contributed by atoms with van der Waals surface area (Å²) >= 11 is -2.15. The summed E-state index contributed by atoms with van der Waals surface area (Å²) < 4.78 is 32.7. The second-order valence-corrected chi connectivity index (χ2v) is 8.79. The van der Waals surface area contributed by atoms with Gasteiger partial charge in [-0.05, 0) is 22.8 Å². The fraction of sp³-hybridized carbons (Fsp3) is 0.200. The predicted octanol–water partition coefficient (Wildman–Crippen LogP) is 4.98. The molecule has 5 rings (SSSR count). The summed E-state index contributed by atoms with van der Waals surface area (Å²) in [5.74, 6) is 0. The lowest BCUT2D eigenvalue weighted by atomic mass is 9.88. The maximum absolute atomic E-state index is 12.5. The van der Waals surface area contributed by atoms with Gasteiger partial charge >= 0.3 is 0 Å². The van der Waals surface area contributed by atoms with E-state index < -0.39 is 11.3 Å². The van der Waals surface area contributed by atoms with E-state index in [-0.39, 0.29) is 12.1 Å². The molecule has 4 aromatic rings. The minimum absolute atomic E-state index is 0.293. The van der Waals surface area contributed by atoms with Crippen molar-refractivity contribution < 1.29 is 13.5 Å². The highest BCUT2D eigenvalue weighted by molar-refractivity contribution is 7.76. The van der Waals surface area contributed by atoms with Gasteiger partial charge in [0.1, 0.15) is 0 Å². The largest absolute Gasteiger partial charge is 0.367 e. The van der Waals surface area contributed by atoms with E-state index in [1.165, 1.54) is 0 Å². The molecule has 31 heavy (non-hydrogen) atoms. The summed E-state index contributed by atoms with van der Waals surface area (Å²) in [5.41, 5.74) is 5.27. The number of hydrogen-bond acceptors (Lipinski definition) is 2. The van der Waals surface area contributed by atoms with E-state index in [9.17, 15) is 8.76 Å². The second-order valence-electron chi connectivity index (χ2n) is 7.86. The molecule has 0 amide bonds. The van der Waals surface area contributed by atoms with Gasteiger partial charge in [-0.1, -0.05) is 72.8 Å². The van der Waals surface area contributed by atoms with Crippen molar-refractivity contribution in [2.24, 2.45) is 7.05 Å². The first-order chi connectivity index (χ1) is 15.1. The SMILES string of the molecule is Cn1cc([C@@H]2c3ccccc3[C@@H](OCc3ccccc3)CN2S(=O)O)c2ccccc21. The Balaban J connectivity index is 1.58. The van der Waals surface area contributed by atoms with E-state index in [0.717, 1.165) is 33.2 Å². The molecule has 0 spiro atoms. The second kappa shape index (κ2) is 8.40. The lowest BCUT2D eigenvalue weighted by molar-refractivity contribution is 0.0154. The van der Waals surface area contributed by atoms with Gasteiger partial charge < -0.3 is 9.30 Å². The van der Waals surface area contributed by atoms with Crippen LogP contribution in [0, 0.1) is 0 Å². The van der Waals surface area contributed by atoms with Crippen LogP contribution in [0.15, 0.2) is 85.1 Å². The van der Waals surface area contributed by atoms with Crippen LogP contribution in [0.2, 0.25) is 0 Å². The van der Waals surface area contributed by atoms with Gasteiger partial charge in [-0.2, -0.15) is 4.31 Å². The van der Waals surface area contributed by atoms with Crippen molar-refractivity contribution >= 4 is 22.2 Å². The number of aryl methyl sites for hydroxylation is 1. The van der Waals surface area contributed by atoms with Crippen molar-refractivity contribution in [2.75, 3.05) is 6.54 Å². The van der Waals surface area contributed by atoms with Crippen molar-refractivity contribution in [1.82, 2.24) is 8.87 Å². The van der Waals surface area contributed by atoms with Gasteiger partial charge in [-0.15, -0.1) is 0 Å². The molecule has 158 valence electrons. The van der Waals surface area contributed by atoms with E-state index in [4.69, 9.17) is 4.74 Å². The first kappa shape index (κ1) is 20.2. The van der Waals surface area contributed by atoms with Crippen molar-refractivity contribution in [1.29, 1.82) is 0 Å². The van der Waals surface area contributed by atoms with Crippen LogP contribution in [0.4, 0.5) is 0 Å². The molecule has 1 aliphatic rings. The lowest BCUT2D eigenvalue weighted by Gasteiger charge is -2.38. The molecule has 0 saturated carbocycles. The Morgan fingerprint density at radius 1 is 0.935 bits per heavy atom. The van der Waals surface area contributed by atoms with Crippen LogP contribution in [0.3, 0.4) is 0 Å². The summed E-state index contributed by atoms with van der Waals surface area (Å²) in [6, 6.07) is 25.9. The third-order valence-electron chi connectivity index (χ3n) is 5.99. The molecule has 1 aromatic heterocycles. The summed E-state index contributed by atoms with van der Waals surface area (Å²) in [6.07, 6.45) is 1.77. The van der Waals surface area contributed by atoms with E-state index in [2.05, 4.69) is 29.0 Å². The number of rotatable bonds is 5. The molecule has 1 N–H and O–H groups in total. The third-order valence-corrected chi connectivity index (χ3v) is 6.75. The van der Waals surface area contributed by atoms with Gasteiger partial charge in [0.05, 0.1) is 18.8 Å². The molecule has 0 bridgehead atoms. The molecule has 3 aromatic carbocycles. The van der Waals surface area contributed by atoms with Crippen LogP contribution in [-0.4, -0.2) is 24.2 Å². The number of para-hydroxylation sites is 1. The summed E-state index contributed by atoms with van der Waals surface area (Å²) in [4.78, 5) is 0. The van der Waals surface area contributed by atoms with Gasteiger partial charge in [0.15, 0.2) is 0 Å². The zero-order valence-electron chi connectivity index (χ0n) is 17.2. The first-order valence-corrected chi connectivity index (χ1v) is 11.4. The molecule has 5 nitrogen and oxygen atoms in total. The number of aromatic nitrogens is 1. The van der Waals surface area contributed by atoms with Gasteiger partial charge in [0, 0.05) is 36.3 Å². The number of fused-ring (bicyclic) bond motifs is 2. The Morgan fingerprint density at radius 3 is 2.39 bits per heavy atom. The number of hydrogen-bond donors (Lipinski definition) is 1. The molecule has 1 unspecified atom stereocenters. The van der Waals surface area contributed by atoms with Crippen LogP contribution in [0.1, 0.15) is 34.4 Å². The van der Waals surface area contributed by atoms with Crippen molar-refractivity contribution in [3.8, 4) is 0 Å². The highest BCUT2D eigenvalue weighted by atomic mass is 32.2. The molecule has 0 fully saturated rings. The van der Waals surface area contributed by atoms with Crippen molar-refractivity contribution in [2.45, 2.75) is 18.8 Å². The molecule has 1 aliphatic heterocycles. The molecule has 6 heteroatoms. The minimum Gasteiger partial charge on any atom is -0.367 e. The Kier molecular flexibility index (Phi) is 5.46. The van der Waals surface area contributed by atoms with Gasteiger partial charge in [-0.3, -0.25) is 4.55 Å². The minimum atomic E-state index is -2.15. The van der Waals surface area contributed by atoms with Crippen LogP contribution >= 0.6 is 0 Å². The molecule has 0 aliphatic carbocycles. The summed E-state index contributed by atoms with van der Waals surface area (Å²) in [5, 5.41) is 1.09. The number of ether oxygens (including phenoxy) is 1. The maximum atomic E-state index is 12.5. The standard InChI is InChI=1S/C25H24N2O3S/c1-26-15-22(19-11-7-8-14-23(19)26)25-21-13-6-5-12-20(21)24(16-27(25)31(28)29)30-17-18-9-3-2-4-10-18/h2-15,24-25H,16-17H2,1H3,(H,28,29)/t24-,25-/m0/s1. The highest BCUT2D eigenvalue weighted by Gasteiger charge is 2.38. The van der Waals surface area contributed by atoms with E-state index >= 15 is 0 Å². The monoisotopic (exact) mass is 432 g/mol. The molecular formula is C25H24N2O3S. The van der Waals surface area contributed by atoms with Crippen molar-refractivity contribution in [3.05, 3.63) is 107 Å². The Morgan fingerprint density at radius 2 is 1.61 bits per heavy atom. The summed E-state index contributed by atoms with van der Waals surface area (Å²) in [6.45, 7) is 0.783. The summed E-state index contributed by atoms with van der Waals surface area (Å²) in [7, 11) is 2.01. The smallest absolute Gasteiger partial charge is 0.235 e. The third kappa shape index (κ3) is 3.72. The quantitative estimate of drug-likeness (QED) is 0.453. The van der Waals surface area contributed by atoms with Crippen molar-refractivity contribution in [3.63, 3.8) is 0 Å². The van der Waals surface area contributed by atoms with E-state index in [1.807, 2.05) is 67.7 Å². The first-order valence-electron chi connectivity index (χ1n) is 10.3. The Bertz CT molecular complexity index is 1240. The lowest BCUT2D eigenvalue weighted by Crippen LogP contribution is -2.40. The van der Waals surface area contributed by atoms with Gasteiger partial charge in [0.25, 0.3) is 0 Å². The van der Waals surface area contributed by atoms with Crippen LogP contribution < -0.4 is 0 Å². The molecule has 0 radical (unpaired) electrons. The van der Waals surface area contributed by atoms with E-state index in [1.54, 1.807) is 4.31 Å². The number of nitrogens with zero attached hydrogens (tertiary/aromatic N) is 2. The average molecular weight is 433 g/mol. The molecule has 3 atom stereocenters. The van der Waals surface area contributed by atoms with Crippen LogP contribution in [0.5, 0.6) is 0 Å². The van der Waals surface area contributed by atoms with Gasteiger partial charge in [-0.25, -0.2) is 4.21 Å². The Hall–Kier alpha value is -2.77. The predicted molar refractivity (Wildman–Crippen MR) is 123 cm³/mol. The topological polar surface area (TPSA) is 54.7 Å². The van der Waals surface area contributed by atoms with Crippen LogP contribution in [0.25, 0.3) is 10.9 Å². The zero-order chi connectivity index (χ0) is 21.4. The fourth-order valence-corrected chi connectivity index (χ4v) is 5.23. The van der Waals surface area contributed by atoms with E-state index in [0.29, 0.717) is 13.2 Å². The average Bonchev–Trinajstić information content (AvgIpc) is 3.14. The highest BCUT2D eigenvalue weighted by Crippen LogP contribution is 2.43. The maximum Gasteiger partial charge on any atom is 0.235 e.